The monoisotopic (exact) mass is 461 g/mol. The molecule has 0 unspecified atom stereocenters. The minimum Gasteiger partial charge on any atom is -0.357 e. The lowest BCUT2D eigenvalue weighted by Crippen LogP contribution is -2.38. The maximum Gasteiger partial charge on any atom is 0.191 e. The van der Waals surface area contributed by atoms with Crippen LogP contribution in [-0.4, -0.2) is 28.6 Å². The Bertz CT molecular complexity index is 592. The van der Waals surface area contributed by atoms with Crippen LogP contribution in [0.15, 0.2) is 34.9 Å². The van der Waals surface area contributed by atoms with Crippen molar-refractivity contribution in [3.63, 3.8) is 0 Å². The summed E-state index contributed by atoms with van der Waals surface area (Å²) in [6.07, 6.45) is 4.90. The molecule has 2 rings (SSSR count). The highest BCUT2D eigenvalue weighted by molar-refractivity contribution is 14.0. The summed E-state index contributed by atoms with van der Waals surface area (Å²) in [4.78, 5) is 10.5. The molecule has 0 saturated heterocycles. The Morgan fingerprint density at radius 1 is 1.38 bits per heavy atom. The van der Waals surface area contributed by atoms with Crippen molar-refractivity contribution < 1.29 is 0 Å². The normalized spacial score (nSPS) is 11.4. The molecule has 0 saturated carbocycles. The highest BCUT2D eigenvalue weighted by Gasteiger charge is 2.05. The van der Waals surface area contributed by atoms with Crippen LogP contribution in [0.2, 0.25) is 0 Å². The van der Waals surface area contributed by atoms with Crippen LogP contribution in [0.3, 0.4) is 0 Å². The summed E-state index contributed by atoms with van der Waals surface area (Å²) in [7, 11) is 0. The molecule has 0 fully saturated rings. The molecule has 0 amide bonds. The number of nitrogens with zero attached hydrogens (tertiary/aromatic N) is 3. The maximum absolute atomic E-state index is 4.66. The van der Waals surface area contributed by atoms with Crippen LogP contribution in [0, 0.1) is 5.92 Å². The van der Waals surface area contributed by atoms with E-state index in [9.17, 15) is 0 Å². The molecule has 0 bridgehead atoms. The van der Waals surface area contributed by atoms with Gasteiger partial charge < -0.3 is 15.2 Å². The summed E-state index contributed by atoms with van der Waals surface area (Å²) in [6, 6.07) is 4.26. The fraction of sp³-hybridized carbons (Fsp3) is 0.529. The first-order valence-corrected chi connectivity index (χ1v) is 9.11. The van der Waals surface area contributed by atoms with Crippen LogP contribution < -0.4 is 10.6 Å². The molecule has 0 aromatic carbocycles. The third-order valence-corrected chi connectivity index (χ3v) is 4.27. The van der Waals surface area contributed by atoms with Crippen LogP contribution in [0.5, 0.6) is 0 Å². The molecule has 5 nitrogen and oxygen atoms in total. The zero-order valence-corrected chi connectivity index (χ0v) is 17.8. The minimum atomic E-state index is 0. The Labute approximate surface area is 166 Å². The van der Waals surface area contributed by atoms with E-state index >= 15 is 0 Å². The van der Waals surface area contributed by atoms with Crippen LogP contribution in [0.4, 0.5) is 0 Å². The lowest BCUT2D eigenvalue weighted by molar-refractivity contribution is 0.507. The predicted octanol–water partition coefficient (Wildman–Crippen LogP) is 3.52. The van der Waals surface area contributed by atoms with Gasteiger partial charge in [-0.15, -0.1) is 35.3 Å². The predicted molar refractivity (Wildman–Crippen MR) is 113 cm³/mol. The second kappa shape index (κ2) is 11.5. The summed E-state index contributed by atoms with van der Waals surface area (Å²) in [6.45, 7) is 9.81. The molecule has 7 heteroatoms. The number of rotatable bonds is 8. The van der Waals surface area contributed by atoms with Gasteiger partial charge in [0.05, 0.1) is 0 Å². The number of aromatic nitrogens is 2. The molecule has 0 spiro atoms. The minimum absolute atomic E-state index is 0. The quantitative estimate of drug-likeness (QED) is 0.360. The summed E-state index contributed by atoms with van der Waals surface area (Å²) in [5.74, 6) is 2.46. The van der Waals surface area contributed by atoms with Gasteiger partial charge in [-0.1, -0.05) is 19.9 Å². The molecule has 24 heavy (non-hydrogen) atoms. The first-order chi connectivity index (χ1) is 11.2. The van der Waals surface area contributed by atoms with Gasteiger partial charge in [-0.2, -0.15) is 0 Å². The van der Waals surface area contributed by atoms with Crippen LogP contribution >= 0.6 is 35.3 Å². The highest BCUT2D eigenvalue weighted by Crippen LogP contribution is 2.08. The molecule has 2 aromatic heterocycles. The van der Waals surface area contributed by atoms with Crippen molar-refractivity contribution in [2.24, 2.45) is 10.9 Å². The summed E-state index contributed by atoms with van der Waals surface area (Å²) < 4.78 is 2.18. The molecule has 2 N–H and O–H groups in total. The molecule has 2 aromatic rings. The molecule has 2 heterocycles. The number of imidazole rings is 1. The topological polar surface area (TPSA) is 54.2 Å². The number of halogens is 1. The van der Waals surface area contributed by atoms with Gasteiger partial charge in [-0.3, -0.25) is 0 Å². The Morgan fingerprint density at radius 2 is 2.21 bits per heavy atom. The van der Waals surface area contributed by atoms with E-state index < -0.39 is 0 Å². The second-order valence-corrected chi connectivity index (χ2v) is 6.87. The third kappa shape index (κ3) is 7.21. The van der Waals surface area contributed by atoms with E-state index in [-0.39, 0.29) is 24.0 Å². The van der Waals surface area contributed by atoms with Gasteiger partial charge in [0.25, 0.3) is 0 Å². The van der Waals surface area contributed by atoms with Gasteiger partial charge in [-0.25, -0.2) is 9.98 Å². The van der Waals surface area contributed by atoms with E-state index in [4.69, 9.17) is 0 Å². The molecule has 0 aliphatic rings. The molecular weight excluding hydrogens is 433 g/mol. The standard InChI is InChI=1S/C17H27N5S.HI/c1-4-18-17(20-8-7-15-6-5-11-23-15)21-12-16-19-9-10-22(16)13-14(2)3;/h5-6,9-11,14H,4,7-8,12-13H2,1-3H3,(H2,18,20,21);1H. The number of aliphatic imine (C=N–C) groups is 1. The molecular formula is C17H28IN5S. The van der Waals surface area contributed by atoms with Crippen LogP contribution in [0.1, 0.15) is 31.5 Å². The third-order valence-electron chi connectivity index (χ3n) is 3.33. The number of guanidine groups is 1. The van der Waals surface area contributed by atoms with Crippen LogP contribution in [0.25, 0.3) is 0 Å². The van der Waals surface area contributed by atoms with E-state index in [1.807, 2.05) is 12.4 Å². The fourth-order valence-electron chi connectivity index (χ4n) is 2.30. The molecule has 0 aliphatic carbocycles. The largest absolute Gasteiger partial charge is 0.357 e. The van der Waals surface area contributed by atoms with E-state index in [1.165, 1.54) is 4.88 Å². The van der Waals surface area contributed by atoms with Gasteiger partial charge in [0.15, 0.2) is 5.96 Å². The first-order valence-electron chi connectivity index (χ1n) is 8.23. The Kier molecular flexibility index (Phi) is 10.0. The number of thiophene rings is 1. The van der Waals surface area contributed by atoms with Gasteiger partial charge in [0, 0.05) is 36.9 Å². The van der Waals surface area contributed by atoms with Gasteiger partial charge in [0.1, 0.15) is 12.4 Å². The van der Waals surface area contributed by atoms with Crippen molar-refractivity contribution in [2.45, 2.75) is 40.3 Å². The maximum atomic E-state index is 4.66. The second-order valence-electron chi connectivity index (χ2n) is 5.84. The Morgan fingerprint density at radius 3 is 2.88 bits per heavy atom. The Balaban J connectivity index is 0.00000288. The van der Waals surface area contributed by atoms with Crippen molar-refractivity contribution in [2.75, 3.05) is 13.1 Å². The van der Waals surface area contributed by atoms with Crippen molar-refractivity contribution in [1.82, 2.24) is 20.2 Å². The fourth-order valence-corrected chi connectivity index (χ4v) is 3.01. The molecule has 0 aliphatic heterocycles. The molecule has 0 radical (unpaired) electrons. The number of hydrogen-bond donors (Lipinski definition) is 2. The summed E-state index contributed by atoms with van der Waals surface area (Å²) >= 11 is 1.79. The number of nitrogens with one attached hydrogen (secondary N) is 2. The zero-order chi connectivity index (χ0) is 16.5. The SMILES string of the molecule is CCNC(=NCc1nccn1CC(C)C)NCCc1cccs1.I. The van der Waals surface area contributed by atoms with Gasteiger partial charge in [0.2, 0.25) is 0 Å². The highest BCUT2D eigenvalue weighted by atomic mass is 127. The zero-order valence-electron chi connectivity index (χ0n) is 14.7. The molecule has 0 atom stereocenters. The number of hydrogen-bond acceptors (Lipinski definition) is 3. The van der Waals surface area contributed by atoms with Crippen molar-refractivity contribution in [3.05, 3.63) is 40.6 Å². The average molecular weight is 461 g/mol. The van der Waals surface area contributed by atoms with Crippen molar-refractivity contribution in [1.29, 1.82) is 0 Å². The van der Waals surface area contributed by atoms with E-state index in [0.717, 1.165) is 37.8 Å². The summed E-state index contributed by atoms with van der Waals surface area (Å²) in [5, 5.41) is 8.80. The molecule has 134 valence electrons. The van der Waals surface area contributed by atoms with Gasteiger partial charge >= 0.3 is 0 Å². The summed E-state index contributed by atoms with van der Waals surface area (Å²) in [5.41, 5.74) is 0. The first kappa shape index (κ1) is 21.0. The van der Waals surface area contributed by atoms with Crippen molar-refractivity contribution in [3.8, 4) is 0 Å². The van der Waals surface area contributed by atoms with E-state index in [0.29, 0.717) is 12.5 Å². The smallest absolute Gasteiger partial charge is 0.191 e. The van der Waals surface area contributed by atoms with Crippen molar-refractivity contribution >= 4 is 41.3 Å². The van der Waals surface area contributed by atoms with Crippen LogP contribution in [-0.2, 0) is 19.5 Å². The van der Waals surface area contributed by atoms with Gasteiger partial charge in [-0.05, 0) is 30.7 Å². The lowest BCUT2D eigenvalue weighted by atomic mass is 10.2. The lowest BCUT2D eigenvalue weighted by Gasteiger charge is -2.12. The Hall–Kier alpha value is -1.09. The van der Waals surface area contributed by atoms with E-state index in [1.54, 1.807) is 11.3 Å². The van der Waals surface area contributed by atoms with E-state index in [2.05, 4.69) is 63.5 Å². The average Bonchev–Trinajstić information content (AvgIpc) is 3.16.